The number of aliphatic hydroxyl groups excluding tert-OH is 2. The molecule has 0 radical (unpaired) electrons. The van der Waals surface area contributed by atoms with Crippen molar-refractivity contribution in [2.45, 2.75) is 18.9 Å². The van der Waals surface area contributed by atoms with Crippen molar-refractivity contribution >= 4 is 11.0 Å². The van der Waals surface area contributed by atoms with E-state index in [2.05, 4.69) is 0 Å². The second-order valence-corrected chi connectivity index (χ2v) is 4.28. The van der Waals surface area contributed by atoms with Crippen LogP contribution < -0.4 is 10.4 Å². The van der Waals surface area contributed by atoms with Crippen molar-refractivity contribution in [3.05, 3.63) is 40.8 Å². The van der Waals surface area contributed by atoms with E-state index in [0.29, 0.717) is 30.8 Å². The molecule has 0 saturated heterocycles. The highest BCUT2D eigenvalue weighted by atomic mass is 16.5. The Bertz CT molecular complexity index is 590. The van der Waals surface area contributed by atoms with E-state index in [9.17, 15) is 9.90 Å². The number of hydrogen-bond acceptors (Lipinski definition) is 5. The smallest absolute Gasteiger partial charge is 0.336 e. The number of benzene rings is 1. The first-order valence-electron chi connectivity index (χ1n) is 6.14. The fraction of sp³-hybridized carbons (Fsp3) is 0.357. The third-order valence-electron chi connectivity index (χ3n) is 2.76. The van der Waals surface area contributed by atoms with Gasteiger partial charge in [0.1, 0.15) is 11.3 Å². The molecule has 0 fully saturated rings. The van der Waals surface area contributed by atoms with E-state index in [1.165, 1.54) is 6.07 Å². The van der Waals surface area contributed by atoms with E-state index in [-0.39, 0.29) is 6.61 Å². The molecule has 1 heterocycles. The van der Waals surface area contributed by atoms with Gasteiger partial charge in [0.25, 0.3) is 0 Å². The zero-order chi connectivity index (χ0) is 13.7. The van der Waals surface area contributed by atoms with Gasteiger partial charge < -0.3 is 19.4 Å². The van der Waals surface area contributed by atoms with Gasteiger partial charge in [0.05, 0.1) is 19.3 Å². The Kier molecular flexibility index (Phi) is 4.54. The predicted molar refractivity (Wildman–Crippen MR) is 70.3 cm³/mol. The minimum atomic E-state index is -0.696. The summed E-state index contributed by atoms with van der Waals surface area (Å²) in [6.07, 6.45) is 0.427. The standard InChI is InChI=1S/C14H16O5/c15-9-11(16)2-1-7-18-12-5-3-10-4-6-14(17)19-13(10)8-12/h3-6,8,11,15-16H,1-2,7,9H2. The van der Waals surface area contributed by atoms with Crippen molar-refractivity contribution in [3.63, 3.8) is 0 Å². The van der Waals surface area contributed by atoms with Gasteiger partial charge in [-0.2, -0.15) is 0 Å². The molecule has 0 amide bonds. The number of rotatable bonds is 6. The molecule has 102 valence electrons. The first-order valence-corrected chi connectivity index (χ1v) is 6.14. The van der Waals surface area contributed by atoms with E-state index < -0.39 is 11.7 Å². The van der Waals surface area contributed by atoms with Gasteiger partial charge in [0.15, 0.2) is 0 Å². The SMILES string of the molecule is O=c1ccc2ccc(OCCCC(O)CO)cc2o1. The summed E-state index contributed by atoms with van der Waals surface area (Å²) in [6, 6.07) is 8.35. The minimum absolute atomic E-state index is 0.235. The maximum atomic E-state index is 11.1. The predicted octanol–water partition coefficient (Wildman–Crippen LogP) is 1.31. The lowest BCUT2D eigenvalue weighted by molar-refractivity contribution is 0.0828. The second-order valence-electron chi connectivity index (χ2n) is 4.28. The van der Waals surface area contributed by atoms with E-state index >= 15 is 0 Å². The van der Waals surface area contributed by atoms with Crippen LogP contribution in [-0.2, 0) is 0 Å². The zero-order valence-corrected chi connectivity index (χ0v) is 10.4. The van der Waals surface area contributed by atoms with Crippen LogP contribution in [0.1, 0.15) is 12.8 Å². The largest absolute Gasteiger partial charge is 0.493 e. The highest BCUT2D eigenvalue weighted by molar-refractivity contribution is 5.77. The molecule has 5 nitrogen and oxygen atoms in total. The normalized spacial score (nSPS) is 12.5. The molecule has 1 aromatic carbocycles. The maximum Gasteiger partial charge on any atom is 0.336 e. The maximum absolute atomic E-state index is 11.1. The van der Waals surface area contributed by atoms with E-state index in [4.69, 9.17) is 14.3 Å². The third-order valence-corrected chi connectivity index (χ3v) is 2.76. The Balaban J connectivity index is 1.95. The van der Waals surface area contributed by atoms with Crippen LogP contribution in [0.15, 0.2) is 39.5 Å². The fourth-order valence-electron chi connectivity index (χ4n) is 1.73. The quantitative estimate of drug-likeness (QED) is 0.607. The molecular weight excluding hydrogens is 248 g/mol. The first kappa shape index (κ1) is 13.6. The lowest BCUT2D eigenvalue weighted by Gasteiger charge is -2.08. The lowest BCUT2D eigenvalue weighted by Crippen LogP contribution is -2.13. The van der Waals surface area contributed by atoms with Crippen LogP contribution in [0.2, 0.25) is 0 Å². The van der Waals surface area contributed by atoms with Crippen LogP contribution in [-0.4, -0.2) is 29.5 Å². The lowest BCUT2D eigenvalue weighted by atomic mass is 10.2. The van der Waals surface area contributed by atoms with Gasteiger partial charge in [-0.25, -0.2) is 4.79 Å². The van der Waals surface area contributed by atoms with Crippen molar-refractivity contribution in [2.75, 3.05) is 13.2 Å². The summed E-state index contributed by atoms with van der Waals surface area (Å²) >= 11 is 0. The molecule has 0 aliphatic heterocycles. The molecule has 2 N–H and O–H groups in total. The van der Waals surface area contributed by atoms with Gasteiger partial charge in [-0.1, -0.05) is 0 Å². The summed E-state index contributed by atoms with van der Waals surface area (Å²) < 4.78 is 10.5. The molecule has 0 bridgehead atoms. The van der Waals surface area contributed by atoms with Crippen molar-refractivity contribution in [2.24, 2.45) is 0 Å². The molecular formula is C14H16O5. The Labute approximate surface area is 110 Å². The van der Waals surface area contributed by atoms with Crippen LogP contribution >= 0.6 is 0 Å². The Morgan fingerprint density at radius 1 is 1.26 bits per heavy atom. The van der Waals surface area contributed by atoms with Crippen molar-refractivity contribution in [3.8, 4) is 5.75 Å². The third kappa shape index (κ3) is 3.81. The summed E-state index contributed by atoms with van der Waals surface area (Å²) in [7, 11) is 0. The molecule has 19 heavy (non-hydrogen) atoms. The van der Waals surface area contributed by atoms with Gasteiger partial charge in [-0.3, -0.25) is 0 Å². The highest BCUT2D eigenvalue weighted by Gasteiger charge is 2.03. The summed E-state index contributed by atoms with van der Waals surface area (Å²) in [5.41, 5.74) is 0.0936. The molecule has 0 aliphatic rings. The van der Waals surface area contributed by atoms with E-state index in [1.807, 2.05) is 6.07 Å². The van der Waals surface area contributed by atoms with Crippen molar-refractivity contribution in [1.29, 1.82) is 0 Å². The Hall–Kier alpha value is -1.85. The first-order chi connectivity index (χ1) is 9.19. The van der Waals surface area contributed by atoms with Gasteiger partial charge in [0, 0.05) is 17.5 Å². The number of fused-ring (bicyclic) bond motifs is 1. The number of hydrogen-bond donors (Lipinski definition) is 2. The van der Waals surface area contributed by atoms with Crippen molar-refractivity contribution < 1.29 is 19.4 Å². The van der Waals surface area contributed by atoms with Gasteiger partial charge >= 0.3 is 5.63 Å². The van der Waals surface area contributed by atoms with Crippen molar-refractivity contribution in [1.82, 2.24) is 0 Å². The van der Waals surface area contributed by atoms with Crippen LogP contribution in [0.25, 0.3) is 11.0 Å². The van der Waals surface area contributed by atoms with E-state index in [0.717, 1.165) is 5.39 Å². The topological polar surface area (TPSA) is 79.9 Å². The molecule has 5 heteroatoms. The van der Waals surface area contributed by atoms with E-state index in [1.54, 1.807) is 18.2 Å². The molecule has 1 unspecified atom stereocenters. The zero-order valence-electron chi connectivity index (χ0n) is 10.4. The van der Waals surface area contributed by atoms with Gasteiger partial charge in [-0.05, 0) is 31.0 Å². The average Bonchev–Trinajstić information content (AvgIpc) is 2.42. The van der Waals surface area contributed by atoms with Gasteiger partial charge in [-0.15, -0.1) is 0 Å². The summed E-state index contributed by atoms with van der Waals surface area (Å²) in [6.45, 7) is 0.195. The summed E-state index contributed by atoms with van der Waals surface area (Å²) in [5, 5.41) is 18.7. The molecule has 0 spiro atoms. The Morgan fingerprint density at radius 2 is 2.05 bits per heavy atom. The Morgan fingerprint density at radius 3 is 2.84 bits per heavy atom. The second kappa shape index (κ2) is 6.36. The minimum Gasteiger partial charge on any atom is -0.493 e. The molecule has 0 aliphatic carbocycles. The monoisotopic (exact) mass is 264 g/mol. The molecule has 0 saturated carbocycles. The summed E-state index contributed by atoms with van der Waals surface area (Å²) in [5.74, 6) is 0.611. The molecule has 1 aromatic heterocycles. The van der Waals surface area contributed by atoms with Crippen LogP contribution in [0.5, 0.6) is 5.75 Å². The average molecular weight is 264 g/mol. The molecule has 2 rings (SSSR count). The molecule has 1 atom stereocenters. The fourth-order valence-corrected chi connectivity index (χ4v) is 1.73. The molecule has 2 aromatic rings. The van der Waals surface area contributed by atoms with Crippen LogP contribution in [0, 0.1) is 0 Å². The van der Waals surface area contributed by atoms with Gasteiger partial charge in [0.2, 0.25) is 0 Å². The van der Waals surface area contributed by atoms with Crippen LogP contribution in [0.4, 0.5) is 0 Å². The van der Waals surface area contributed by atoms with Crippen LogP contribution in [0.3, 0.4) is 0 Å². The highest BCUT2D eigenvalue weighted by Crippen LogP contribution is 2.19. The summed E-state index contributed by atoms with van der Waals surface area (Å²) in [4.78, 5) is 11.1. The number of aliphatic hydroxyl groups is 2. The number of ether oxygens (including phenoxy) is 1.